The van der Waals surface area contributed by atoms with Crippen molar-refractivity contribution in [3.63, 3.8) is 0 Å². The molecule has 0 aliphatic rings. The van der Waals surface area contributed by atoms with Crippen molar-refractivity contribution in [2.45, 2.75) is 20.8 Å². The van der Waals surface area contributed by atoms with Crippen molar-refractivity contribution in [1.29, 1.82) is 0 Å². The molecule has 2 nitrogen and oxygen atoms in total. The van der Waals surface area contributed by atoms with Gasteiger partial charge in [-0.3, -0.25) is 0 Å². The van der Waals surface area contributed by atoms with Crippen LogP contribution in [0.4, 0.5) is 0 Å². The van der Waals surface area contributed by atoms with Crippen molar-refractivity contribution in [3.8, 4) is 22.5 Å². The highest BCUT2D eigenvalue weighted by Crippen LogP contribution is 2.34. The number of para-hydroxylation sites is 3. The van der Waals surface area contributed by atoms with Crippen LogP contribution < -0.4 is 10.6 Å². The Morgan fingerprint density at radius 2 is 1.02 bits per heavy atom. The molecule has 7 aromatic rings. The molecule has 2 heterocycles. The van der Waals surface area contributed by atoms with Crippen LogP contribution in [0.5, 0.6) is 0 Å². The van der Waals surface area contributed by atoms with Gasteiger partial charge in [-0.15, -0.1) is 0 Å². The van der Waals surface area contributed by atoms with Gasteiger partial charge >= 0.3 is 0 Å². The van der Waals surface area contributed by atoms with Crippen LogP contribution in [0.15, 0.2) is 122 Å². The fraction of sp³-hybridized carbons (Fsp3) is 0.0769. The van der Waals surface area contributed by atoms with Crippen molar-refractivity contribution in [2.24, 2.45) is 0 Å². The van der Waals surface area contributed by atoms with Crippen LogP contribution in [-0.4, -0.2) is 9.13 Å². The van der Waals surface area contributed by atoms with Crippen molar-refractivity contribution >= 4 is 44.9 Å². The van der Waals surface area contributed by atoms with E-state index in [9.17, 15) is 0 Å². The van der Waals surface area contributed by atoms with Crippen molar-refractivity contribution < 1.29 is 0 Å². The Labute approximate surface area is 240 Å². The van der Waals surface area contributed by atoms with E-state index in [0.717, 1.165) is 0 Å². The Morgan fingerprint density at radius 3 is 1.51 bits per heavy atom. The van der Waals surface area contributed by atoms with Crippen LogP contribution >= 0.6 is 0 Å². The SMILES string of the molecule is C=C/C=c1\c(=C/C)n(-c2ccc(-c3ccc(-n4c5ccccc5c5ccccc54)cc3C)c(C)c2)c2ccccc12. The Bertz CT molecular complexity index is 2200. The second kappa shape index (κ2) is 9.83. The number of benzene rings is 5. The lowest BCUT2D eigenvalue weighted by molar-refractivity contribution is 1.06. The van der Waals surface area contributed by atoms with Gasteiger partial charge < -0.3 is 9.13 Å². The Balaban J connectivity index is 1.36. The highest BCUT2D eigenvalue weighted by molar-refractivity contribution is 6.09. The Morgan fingerprint density at radius 1 is 0.561 bits per heavy atom. The van der Waals surface area contributed by atoms with Gasteiger partial charge in [-0.2, -0.15) is 0 Å². The van der Waals surface area contributed by atoms with Gasteiger partial charge in [0.15, 0.2) is 0 Å². The third-order valence-electron chi connectivity index (χ3n) is 8.32. The average molecular weight is 529 g/mol. The van der Waals surface area contributed by atoms with Gasteiger partial charge in [0.2, 0.25) is 0 Å². The lowest BCUT2D eigenvalue weighted by atomic mass is 9.95. The number of aryl methyl sites for hydroxylation is 2. The molecule has 0 amide bonds. The maximum absolute atomic E-state index is 3.96. The van der Waals surface area contributed by atoms with Gasteiger partial charge in [0.25, 0.3) is 0 Å². The molecule has 198 valence electrons. The minimum absolute atomic E-state index is 1.17. The third kappa shape index (κ3) is 3.87. The van der Waals surface area contributed by atoms with Crippen molar-refractivity contribution in [1.82, 2.24) is 9.13 Å². The zero-order valence-corrected chi connectivity index (χ0v) is 23.7. The summed E-state index contributed by atoms with van der Waals surface area (Å²) in [5.41, 5.74) is 11.1. The van der Waals surface area contributed by atoms with E-state index < -0.39 is 0 Å². The number of allylic oxidation sites excluding steroid dienone is 1. The maximum Gasteiger partial charge on any atom is 0.0541 e. The van der Waals surface area contributed by atoms with Crippen LogP contribution in [-0.2, 0) is 0 Å². The second-order valence-electron chi connectivity index (χ2n) is 10.7. The third-order valence-corrected chi connectivity index (χ3v) is 8.32. The molecule has 2 heteroatoms. The summed E-state index contributed by atoms with van der Waals surface area (Å²) in [5, 5.41) is 6.19. The number of fused-ring (bicyclic) bond motifs is 4. The van der Waals surface area contributed by atoms with Gasteiger partial charge in [-0.05, 0) is 85.5 Å². The number of hydrogen-bond acceptors (Lipinski definition) is 0. The molecule has 0 atom stereocenters. The topological polar surface area (TPSA) is 9.86 Å². The van der Waals surface area contributed by atoms with Crippen LogP contribution in [0.1, 0.15) is 18.1 Å². The highest BCUT2D eigenvalue weighted by atomic mass is 15.0. The minimum Gasteiger partial charge on any atom is -0.310 e. The molecule has 0 N–H and O–H groups in total. The summed E-state index contributed by atoms with van der Waals surface area (Å²) in [4.78, 5) is 0. The maximum atomic E-state index is 3.96. The van der Waals surface area contributed by atoms with E-state index in [2.05, 4.69) is 158 Å². The van der Waals surface area contributed by atoms with Gasteiger partial charge in [0, 0.05) is 38.1 Å². The number of aromatic nitrogens is 2. The van der Waals surface area contributed by atoms with E-state index in [1.165, 1.54) is 76.9 Å². The summed E-state index contributed by atoms with van der Waals surface area (Å²) in [6, 6.07) is 39.7. The van der Waals surface area contributed by atoms with Gasteiger partial charge in [0.05, 0.1) is 16.6 Å². The first-order valence-corrected chi connectivity index (χ1v) is 14.2. The largest absolute Gasteiger partial charge is 0.310 e. The van der Waals surface area contributed by atoms with E-state index >= 15 is 0 Å². The van der Waals surface area contributed by atoms with E-state index in [0.29, 0.717) is 0 Å². The molecule has 0 aliphatic carbocycles. The van der Waals surface area contributed by atoms with Gasteiger partial charge in [-0.1, -0.05) is 91.5 Å². The molecule has 0 saturated carbocycles. The number of nitrogens with zero attached hydrogens (tertiary/aromatic N) is 2. The molecule has 0 unspecified atom stereocenters. The molecule has 2 aromatic heterocycles. The first-order chi connectivity index (χ1) is 20.1. The zero-order valence-electron chi connectivity index (χ0n) is 23.7. The normalized spacial score (nSPS) is 12.7. The molecule has 0 spiro atoms. The van der Waals surface area contributed by atoms with Crippen molar-refractivity contribution in [2.75, 3.05) is 0 Å². The summed E-state index contributed by atoms with van der Waals surface area (Å²) in [6.45, 7) is 10.5. The Hall–Kier alpha value is -5.08. The smallest absolute Gasteiger partial charge is 0.0541 e. The molecule has 0 bridgehead atoms. The fourth-order valence-corrected chi connectivity index (χ4v) is 6.52. The van der Waals surface area contributed by atoms with Crippen LogP contribution in [0.2, 0.25) is 0 Å². The minimum atomic E-state index is 1.17. The van der Waals surface area contributed by atoms with E-state index in [-0.39, 0.29) is 0 Å². The lowest BCUT2D eigenvalue weighted by Gasteiger charge is -2.15. The zero-order chi connectivity index (χ0) is 28.1. The van der Waals surface area contributed by atoms with Gasteiger partial charge in [0.1, 0.15) is 0 Å². The first-order valence-electron chi connectivity index (χ1n) is 14.2. The molecular weight excluding hydrogens is 496 g/mol. The van der Waals surface area contributed by atoms with E-state index in [1.807, 2.05) is 6.08 Å². The predicted octanol–water partition coefficient (Wildman–Crippen LogP) is 8.78. The van der Waals surface area contributed by atoms with Crippen LogP contribution in [0.3, 0.4) is 0 Å². The average Bonchev–Trinajstić information content (AvgIpc) is 3.50. The number of hydrogen-bond donors (Lipinski definition) is 0. The van der Waals surface area contributed by atoms with Crippen LogP contribution in [0.25, 0.3) is 67.4 Å². The van der Waals surface area contributed by atoms with Crippen LogP contribution in [0, 0.1) is 13.8 Å². The number of rotatable bonds is 4. The Kier molecular flexibility index (Phi) is 5.98. The first kappa shape index (κ1) is 24.9. The molecular formula is C39H32N2. The van der Waals surface area contributed by atoms with Gasteiger partial charge in [-0.25, -0.2) is 0 Å². The fourth-order valence-electron chi connectivity index (χ4n) is 6.52. The summed E-state index contributed by atoms with van der Waals surface area (Å²) >= 11 is 0. The van der Waals surface area contributed by atoms with E-state index in [4.69, 9.17) is 0 Å². The molecule has 41 heavy (non-hydrogen) atoms. The summed E-state index contributed by atoms with van der Waals surface area (Å²) in [6.07, 6.45) is 6.17. The molecule has 5 aromatic carbocycles. The monoisotopic (exact) mass is 528 g/mol. The highest BCUT2D eigenvalue weighted by Gasteiger charge is 2.14. The second-order valence-corrected chi connectivity index (χ2v) is 10.7. The summed E-state index contributed by atoms with van der Waals surface area (Å²) in [5.74, 6) is 0. The lowest BCUT2D eigenvalue weighted by Crippen LogP contribution is -2.27. The molecule has 0 radical (unpaired) electrons. The molecule has 0 fully saturated rings. The standard InChI is InChI=1S/C39H32N2/c1-5-13-32-33-14-7-10-17-37(33)40(36(32)6-2)28-20-22-30(26(3)24-28)31-23-21-29(25-27(31)4)41-38-18-11-8-15-34(38)35-16-9-12-19-39(35)41/h5-25H,1H2,2-4H3/b32-13-,36-6+. The summed E-state index contributed by atoms with van der Waals surface area (Å²) in [7, 11) is 0. The van der Waals surface area contributed by atoms with Crippen molar-refractivity contribution in [3.05, 3.63) is 144 Å². The van der Waals surface area contributed by atoms with E-state index in [1.54, 1.807) is 0 Å². The quantitative estimate of drug-likeness (QED) is 0.216. The summed E-state index contributed by atoms with van der Waals surface area (Å²) < 4.78 is 4.74. The molecule has 0 aliphatic heterocycles. The predicted molar refractivity (Wildman–Crippen MR) is 177 cm³/mol. The molecule has 0 saturated heterocycles. The molecule has 7 rings (SSSR count).